The van der Waals surface area contributed by atoms with Crippen LogP contribution in [0.25, 0.3) is 0 Å². The monoisotopic (exact) mass is 293 g/mol. The molecule has 0 saturated carbocycles. The predicted octanol–water partition coefficient (Wildman–Crippen LogP) is 4.17. The second-order valence-electron chi connectivity index (χ2n) is 4.16. The zero-order valence-corrected chi connectivity index (χ0v) is 11.6. The highest BCUT2D eigenvalue weighted by molar-refractivity contribution is 6.40. The number of hydrogen-bond acceptors (Lipinski definition) is 2. The van der Waals surface area contributed by atoms with E-state index < -0.39 is 0 Å². The van der Waals surface area contributed by atoms with Crippen LogP contribution >= 0.6 is 34.8 Å². The van der Waals surface area contributed by atoms with Gasteiger partial charge in [0.15, 0.2) is 5.75 Å². The van der Waals surface area contributed by atoms with Crippen LogP contribution < -0.4 is 10.1 Å². The van der Waals surface area contributed by atoms with E-state index >= 15 is 0 Å². The summed E-state index contributed by atoms with van der Waals surface area (Å²) in [5.74, 6) is 0.519. The van der Waals surface area contributed by atoms with Crippen molar-refractivity contribution in [2.45, 2.75) is 25.3 Å². The first-order valence-electron chi connectivity index (χ1n) is 5.67. The molecule has 0 bridgehead atoms. The van der Waals surface area contributed by atoms with Crippen LogP contribution in [0.15, 0.2) is 12.1 Å². The number of ether oxygens (including phenoxy) is 1. The van der Waals surface area contributed by atoms with Gasteiger partial charge in [0.1, 0.15) is 6.61 Å². The Bertz CT molecular complexity index is 368. The molecule has 1 unspecified atom stereocenters. The summed E-state index contributed by atoms with van der Waals surface area (Å²) in [6, 6.07) is 3.66. The van der Waals surface area contributed by atoms with Gasteiger partial charge in [0.2, 0.25) is 0 Å². The molecule has 1 atom stereocenters. The molecule has 0 amide bonds. The van der Waals surface area contributed by atoms with Gasteiger partial charge in [-0.15, -0.1) is 0 Å². The fourth-order valence-corrected chi connectivity index (χ4v) is 2.84. The molecule has 17 heavy (non-hydrogen) atoms. The smallest absolute Gasteiger partial charge is 0.156 e. The Hall–Kier alpha value is -0.150. The number of piperidine rings is 1. The summed E-state index contributed by atoms with van der Waals surface area (Å²) >= 11 is 17.9. The van der Waals surface area contributed by atoms with Crippen molar-refractivity contribution in [2.24, 2.45) is 0 Å². The molecule has 94 valence electrons. The van der Waals surface area contributed by atoms with Gasteiger partial charge in [0.05, 0.1) is 10.0 Å². The van der Waals surface area contributed by atoms with Crippen LogP contribution in [0.1, 0.15) is 19.3 Å². The van der Waals surface area contributed by atoms with Gasteiger partial charge in [-0.2, -0.15) is 0 Å². The Balaban J connectivity index is 1.98. The van der Waals surface area contributed by atoms with Crippen molar-refractivity contribution in [3.05, 3.63) is 27.2 Å². The van der Waals surface area contributed by atoms with Crippen LogP contribution in [-0.4, -0.2) is 19.2 Å². The molecular weight excluding hydrogens is 280 g/mol. The van der Waals surface area contributed by atoms with Gasteiger partial charge in [-0.05, 0) is 31.5 Å². The van der Waals surface area contributed by atoms with Gasteiger partial charge in [-0.1, -0.05) is 41.2 Å². The molecule has 1 fully saturated rings. The van der Waals surface area contributed by atoms with E-state index in [4.69, 9.17) is 39.5 Å². The molecule has 0 aliphatic carbocycles. The third-order valence-electron chi connectivity index (χ3n) is 2.80. The lowest BCUT2D eigenvalue weighted by Crippen LogP contribution is -2.38. The van der Waals surface area contributed by atoms with Crippen molar-refractivity contribution in [3.63, 3.8) is 0 Å². The van der Waals surface area contributed by atoms with Crippen LogP contribution in [0.5, 0.6) is 5.75 Å². The zero-order valence-electron chi connectivity index (χ0n) is 9.31. The lowest BCUT2D eigenvalue weighted by Gasteiger charge is -2.24. The van der Waals surface area contributed by atoms with Crippen molar-refractivity contribution in [1.29, 1.82) is 0 Å². The molecule has 0 radical (unpaired) electrons. The van der Waals surface area contributed by atoms with E-state index in [1.54, 1.807) is 12.1 Å². The average molecular weight is 295 g/mol. The molecule has 0 aromatic heterocycles. The van der Waals surface area contributed by atoms with E-state index in [1.165, 1.54) is 12.8 Å². The summed E-state index contributed by atoms with van der Waals surface area (Å²) in [5.41, 5.74) is 0. The van der Waals surface area contributed by atoms with Crippen molar-refractivity contribution < 1.29 is 4.74 Å². The minimum atomic E-state index is 0.381. The van der Waals surface area contributed by atoms with E-state index in [0.717, 1.165) is 13.0 Å². The minimum Gasteiger partial charge on any atom is -0.489 e. The molecule has 0 spiro atoms. The van der Waals surface area contributed by atoms with E-state index in [1.807, 2.05) is 0 Å². The van der Waals surface area contributed by atoms with E-state index in [0.29, 0.717) is 33.5 Å². The van der Waals surface area contributed by atoms with E-state index in [9.17, 15) is 0 Å². The van der Waals surface area contributed by atoms with Gasteiger partial charge in [0, 0.05) is 11.1 Å². The normalized spacial score (nSPS) is 20.3. The molecule has 5 heteroatoms. The summed E-state index contributed by atoms with van der Waals surface area (Å²) in [6.07, 6.45) is 3.60. The summed E-state index contributed by atoms with van der Waals surface area (Å²) in [6.45, 7) is 1.64. The quantitative estimate of drug-likeness (QED) is 0.903. The van der Waals surface area contributed by atoms with Gasteiger partial charge >= 0.3 is 0 Å². The highest BCUT2D eigenvalue weighted by Crippen LogP contribution is 2.35. The lowest BCUT2D eigenvalue weighted by atomic mass is 10.1. The standard InChI is InChI=1S/C12H14Cl3NO/c13-8-5-10(14)12(11(15)6-8)17-7-9-3-1-2-4-16-9/h5-6,9,16H,1-4,7H2. The Morgan fingerprint density at radius 1 is 1.18 bits per heavy atom. The summed E-state index contributed by atoms with van der Waals surface area (Å²) in [7, 11) is 0. The van der Waals surface area contributed by atoms with E-state index in [-0.39, 0.29) is 0 Å². The maximum absolute atomic E-state index is 6.04. The van der Waals surface area contributed by atoms with Crippen molar-refractivity contribution in [3.8, 4) is 5.75 Å². The van der Waals surface area contributed by atoms with Crippen LogP contribution in [0, 0.1) is 0 Å². The highest BCUT2D eigenvalue weighted by atomic mass is 35.5. The predicted molar refractivity (Wildman–Crippen MR) is 72.6 cm³/mol. The van der Waals surface area contributed by atoms with Crippen molar-refractivity contribution in [1.82, 2.24) is 5.32 Å². The van der Waals surface area contributed by atoms with Gasteiger partial charge in [-0.25, -0.2) is 0 Å². The van der Waals surface area contributed by atoms with Crippen LogP contribution in [0.4, 0.5) is 0 Å². The third kappa shape index (κ3) is 3.65. The summed E-state index contributed by atoms with van der Waals surface area (Å²) < 4.78 is 5.68. The molecule has 1 heterocycles. The number of nitrogens with one attached hydrogen (secondary N) is 1. The molecule has 2 rings (SSSR count). The molecule has 1 aliphatic rings. The maximum atomic E-state index is 6.04. The highest BCUT2D eigenvalue weighted by Gasteiger charge is 2.15. The molecular formula is C12H14Cl3NO. The minimum absolute atomic E-state index is 0.381. The molecule has 1 aromatic rings. The fourth-order valence-electron chi connectivity index (χ4n) is 1.92. The molecule has 1 aromatic carbocycles. The third-order valence-corrected chi connectivity index (χ3v) is 3.58. The zero-order chi connectivity index (χ0) is 12.3. The first-order chi connectivity index (χ1) is 8.16. The Kier molecular flexibility index (Phi) is 4.80. The Morgan fingerprint density at radius 3 is 2.47 bits per heavy atom. The lowest BCUT2D eigenvalue weighted by molar-refractivity contribution is 0.239. The largest absolute Gasteiger partial charge is 0.489 e. The second-order valence-corrected chi connectivity index (χ2v) is 5.41. The Labute approximate surface area is 116 Å². The van der Waals surface area contributed by atoms with Gasteiger partial charge < -0.3 is 10.1 Å². The second kappa shape index (κ2) is 6.14. The SMILES string of the molecule is Clc1cc(Cl)c(OCC2CCCCN2)c(Cl)c1. The van der Waals surface area contributed by atoms with Crippen LogP contribution in [0.3, 0.4) is 0 Å². The number of rotatable bonds is 3. The van der Waals surface area contributed by atoms with Crippen LogP contribution in [0.2, 0.25) is 15.1 Å². The maximum Gasteiger partial charge on any atom is 0.156 e. The molecule has 1 N–H and O–H groups in total. The Morgan fingerprint density at radius 2 is 1.88 bits per heavy atom. The van der Waals surface area contributed by atoms with Gasteiger partial charge in [-0.3, -0.25) is 0 Å². The number of hydrogen-bond donors (Lipinski definition) is 1. The van der Waals surface area contributed by atoms with Crippen molar-refractivity contribution >= 4 is 34.8 Å². The number of benzene rings is 1. The summed E-state index contributed by atoms with van der Waals surface area (Å²) in [5, 5.41) is 4.83. The summed E-state index contributed by atoms with van der Waals surface area (Å²) in [4.78, 5) is 0. The fraction of sp³-hybridized carbons (Fsp3) is 0.500. The average Bonchev–Trinajstić information content (AvgIpc) is 2.29. The molecule has 1 saturated heterocycles. The topological polar surface area (TPSA) is 21.3 Å². The van der Waals surface area contributed by atoms with Crippen LogP contribution in [-0.2, 0) is 0 Å². The molecule has 2 nitrogen and oxygen atoms in total. The first kappa shape index (κ1) is 13.3. The first-order valence-corrected chi connectivity index (χ1v) is 6.81. The van der Waals surface area contributed by atoms with Gasteiger partial charge in [0.25, 0.3) is 0 Å². The molecule has 1 aliphatic heterocycles. The van der Waals surface area contributed by atoms with Crippen molar-refractivity contribution in [2.75, 3.05) is 13.2 Å². The van der Waals surface area contributed by atoms with E-state index in [2.05, 4.69) is 5.32 Å². The number of halogens is 3.